The molecule has 0 bridgehead atoms. The van der Waals surface area contributed by atoms with Gasteiger partial charge < -0.3 is 9.88 Å². The SMILES string of the molecule is CCNCc1ccc(Sc2nncn2C)c(F)c1. The Balaban J connectivity index is 2.12. The van der Waals surface area contributed by atoms with Crippen molar-refractivity contribution in [3.63, 3.8) is 0 Å². The fourth-order valence-corrected chi connectivity index (χ4v) is 2.24. The lowest BCUT2D eigenvalue weighted by Gasteiger charge is -2.06. The average Bonchev–Trinajstić information content (AvgIpc) is 2.75. The highest BCUT2D eigenvalue weighted by atomic mass is 32.2. The van der Waals surface area contributed by atoms with Crippen LogP contribution in [0.2, 0.25) is 0 Å². The van der Waals surface area contributed by atoms with Crippen LogP contribution in [0.15, 0.2) is 34.6 Å². The molecule has 2 aromatic rings. The number of hydrogen-bond donors (Lipinski definition) is 1. The molecule has 0 atom stereocenters. The Morgan fingerprint density at radius 1 is 1.44 bits per heavy atom. The second-order valence-electron chi connectivity index (χ2n) is 3.87. The van der Waals surface area contributed by atoms with E-state index in [9.17, 15) is 4.39 Å². The summed E-state index contributed by atoms with van der Waals surface area (Å²) in [4.78, 5) is 0.561. The van der Waals surface area contributed by atoms with E-state index < -0.39 is 0 Å². The first-order chi connectivity index (χ1) is 8.70. The van der Waals surface area contributed by atoms with Gasteiger partial charge in [-0.15, -0.1) is 10.2 Å². The zero-order valence-corrected chi connectivity index (χ0v) is 11.2. The van der Waals surface area contributed by atoms with E-state index in [0.29, 0.717) is 16.6 Å². The molecule has 1 aromatic carbocycles. The summed E-state index contributed by atoms with van der Waals surface area (Å²) in [5.41, 5.74) is 0.941. The minimum atomic E-state index is -0.224. The molecule has 0 aliphatic carbocycles. The van der Waals surface area contributed by atoms with Crippen LogP contribution in [-0.2, 0) is 13.6 Å². The number of nitrogens with one attached hydrogen (secondary N) is 1. The summed E-state index contributed by atoms with van der Waals surface area (Å²) in [6, 6.07) is 5.26. The largest absolute Gasteiger partial charge is 0.313 e. The molecule has 96 valence electrons. The lowest BCUT2D eigenvalue weighted by atomic mass is 10.2. The molecule has 6 heteroatoms. The first kappa shape index (κ1) is 13.0. The molecule has 0 spiro atoms. The molecule has 0 aliphatic heterocycles. The number of aromatic nitrogens is 3. The number of hydrogen-bond acceptors (Lipinski definition) is 4. The van der Waals surface area contributed by atoms with Crippen molar-refractivity contribution < 1.29 is 4.39 Å². The van der Waals surface area contributed by atoms with Gasteiger partial charge in [-0.25, -0.2) is 4.39 Å². The third-order valence-electron chi connectivity index (χ3n) is 2.45. The number of halogens is 1. The van der Waals surface area contributed by atoms with E-state index in [1.165, 1.54) is 11.8 Å². The van der Waals surface area contributed by atoms with Crippen LogP contribution >= 0.6 is 11.8 Å². The Morgan fingerprint density at radius 2 is 2.28 bits per heavy atom. The lowest BCUT2D eigenvalue weighted by molar-refractivity contribution is 0.596. The first-order valence-electron chi connectivity index (χ1n) is 5.71. The highest BCUT2D eigenvalue weighted by molar-refractivity contribution is 7.99. The van der Waals surface area contributed by atoms with E-state index in [0.717, 1.165) is 12.1 Å². The van der Waals surface area contributed by atoms with E-state index in [1.54, 1.807) is 23.0 Å². The fourth-order valence-electron chi connectivity index (χ4n) is 1.47. The molecule has 0 unspecified atom stereocenters. The van der Waals surface area contributed by atoms with Crippen molar-refractivity contribution in [2.24, 2.45) is 7.05 Å². The Hall–Kier alpha value is -1.40. The zero-order valence-electron chi connectivity index (χ0n) is 10.4. The second-order valence-corrected chi connectivity index (χ2v) is 4.88. The maximum atomic E-state index is 13.9. The van der Waals surface area contributed by atoms with E-state index in [-0.39, 0.29) is 5.82 Å². The van der Waals surface area contributed by atoms with Crippen molar-refractivity contribution in [3.05, 3.63) is 35.9 Å². The van der Waals surface area contributed by atoms with Crippen molar-refractivity contribution in [2.45, 2.75) is 23.5 Å². The topological polar surface area (TPSA) is 42.7 Å². The summed E-state index contributed by atoms with van der Waals surface area (Å²) in [6.07, 6.45) is 1.60. The van der Waals surface area contributed by atoms with Crippen LogP contribution in [-0.4, -0.2) is 21.3 Å². The van der Waals surface area contributed by atoms with Crippen LogP contribution in [0.5, 0.6) is 0 Å². The van der Waals surface area contributed by atoms with Crippen LogP contribution < -0.4 is 5.32 Å². The molecule has 0 saturated heterocycles. The molecule has 1 N–H and O–H groups in total. The molecule has 0 amide bonds. The molecule has 0 aliphatic rings. The monoisotopic (exact) mass is 266 g/mol. The van der Waals surface area contributed by atoms with Gasteiger partial charge >= 0.3 is 0 Å². The van der Waals surface area contributed by atoms with Crippen molar-refractivity contribution in [1.29, 1.82) is 0 Å². The van der Waals surface area contributed by atoms with Crippen molar-refractivity contribution >= 4 is 11.8 Å². The Kier molecular flexibility index (Phi) is 4.33. The molecule has 18 heavy (non-hydrogen) atoms. The van der Waals surface area contributed by atoms with Crippen LogP contribution in [0.4, 0.5) is 4.39 Å². The van der Waals surface area contributed by atoms with Gasteiger partial charge in [0.25, 0.3) is 0 Å². The van der Waals surface area contributed by atoms with Gasteiger partial charge in [0, 0.05) is 13.6 Å². The average molecular weight is 266 g/mol. The summed E-state index contributed by atoms with van der Waals surface area (Å²) >= 11 is 1.27. The summed E-state index contributed by atoms with van der Waals surface area (Å²) in [6.45, 7) is 3.58. The predicted octanol–water partition coefficient (Wildman–Crippen LogP) is 2.21. The van der Waals surface area contributed by atoms with Gasteiger partial charge in [-0.1, -0.05) is 13.0 Å². The van der Waals surface area contributed by atoms with Crippen molar-refractivity contribution in [1.82, 2.24) is 20.1 Å². The highest BCUT2D eigenvalue weighted by Gasteiger charge is 2.09. The number of aryl methyl sites for hydroxylation is 1. The van der Waals surface area contributed by atoms with Gasteiger partial charge in [-0.3, -0.25) is 0 Å². The first-order valence-corrected chi connectivity index (χ1v) is 6.53. The lowest BCUT2D eigenvalue weighted by Crippen LogP contribution is -2.11. The van der Waals surface area contributed by atoms with Crippen LogP contribution in [0.25, 0.3) is 0 Å². The Labute approximate surface area is 110 Å². The van der Waals surface area contributed by atoms with E-state index >= 15 is 0 Å². The fraction of sp³-hybridized carbons (Fsp3) is 0.333. The molecule has 2 rings (SSSR count). The standard InChI is InChI=1S/C12H15FN4S/c1-3-14-7-9-4-5-11(10(13)6-9)18-12-16-15-8-17(12)2/h4-6,8,14H,3,7H2,1-2H3. The van der Waals surface area contributed by atoms with Crippen molar-refractivity contribution in [3.8, 4) is 0 Å². The van der Waals surface area contributed by atoms with Gasteiger partial charge in [0.2, 0.25) is 0 Å². The maximum absolute atomic E-state index is 13.9. The summed E-state index contributed by atoms with van der Waals surface area (Å²) in [7, 11) is 1.83. The smallest absolute Gasteiger partial charge is 0.195 e. The van der Waals surface area contributed by atoms with Gasteiger partial charge in [0.15, 0.2) is 5.16 Å². The molecular formula is C12H15FN4S. The van der Waals surface area contributed by atoms with Crippen LogP contribution in [0, 0.1) is 5.82 Å². The zero-order chi connectivity index (χ0) is 13.0. The summed E-state index contributed by atoms with van der Waals surface area (Å²) in [5, 5.41) is 11.5. The molecule has 4 nitrogen and oxygen atoms in total. The van der Waals surface area contributed by atoms with Crippen LogP contribution in [0.3, 0.4) is 0 Å². The number of benzene rings is 1. The summed E-state index contributed by atoms with van der Waals surface area (Å²) in [5.74, 6) is -0.224. The molecule has 0 fully saturated rings. The molecule has 0 radical (unpaired) electrons. The quantitative estimate of drug-likeness (QED) is 0.901. The highest BCUT2D eigenvalue weighted by Crippen LogP contribution is 2.28. The molecular weight excluding hydrogens is 251 g/mol. The molecule has 0 saturated carbocycles. The van der Waals surface area contributed by atoms with E-state index in [4.69, 9.17) is 0 Å². The second kappa shape index (κ2) is 5.97. The number of rotatable bonds is 5. The minimum Gasteiger partial charge on any atom is -0.313 e. The normalized spacial score (nSPS) is 10.8. The van der Waals surface area contributed by atoms with Gasteiger partial charge in [-0.05, 0) is 36.0 Å². The van der Waals surface area contributed by atoms with Crippen molar-refractivity contribution in [2.75, 3.05) is 6.54 Å². The predicted molar refractivity (Wildman–Crippen MR) is 68.9 cm³/mol. The molecule has 1 heterocycles. The van der Waals surface area contributed by atoms with E-state index in [2.05, 4.69) is 15.5 Å². The Bertz CT molecular complexity index is 527. The third kappa shape index (κ3) is 3.08. The Morgan fingerprint density at radius 3 is 2.89 bits per heavy atom. The van der Waals surface area contributed by atoms with Gasteiger partial charge in [0.05, 0.1) is 4.90 Å². The third-order valence-corrected chi connectivity index (χ3v) is 3.55. The number of nitrogens with zero attached hydrogens (tertiary/aromatic N) is 3. The maximum Gasteiger partial charge on any atom is 0.195 e. The minimum absolute atomic E-state index is 0.224. The summed E-state index contributed by atoms with van der Waals surface area (Å²) < 4.78 is 15.7. The van der Waals surface area contributed by atoms with E-state index in [1.807, 2.05) is 20.0 Å². The van der Waals surface area contributed by atoms with Crippen LogP contribution in [0.1, 0.15) is 12.5 Å². The van der Waals surface area contributed by atoms with Gasteiger partial charge in [0.1, 0.15) is 12.1 Å². The van der Waals surface area contributed by atoms with Gasteiger partial charge in [-0.2, -0.15) is 0 Å². The molecule has 1 aromatic heterocycles.